The molecule has 0 saturated heterocycles. The van der Waals surface area contributed by atoms with E-state index in [1.54, 1.807) is 0 Å². The number of halogens is 6. The quantitative estimate of drug-likeness (QED) is 0.435. The van der Waals surface area contributed by atoms with Gasteiger partial charge in [0.05, 0.1) is 22.4 Å². The molecule has 34 heavy (non-hydrogen) atoms. The van der Waals surface area contributed by atoms with Crippen molar-refractivity contribution < 1.29 is 40.7 Å². The summed E-state index contributed by atoms with van der Waals surface area (Å²) in [6.07, 6.45) is -5.04. The van der Waals surface area contributed by atoms with Gasteiger partial charge in [-0.15, -0.1) is 0 Å². The number of nitrogen functional groups attached to an aromatic ring is 1. The van der Waals surface area contributed by atoms with E-state index in [0.717, 1.165) is 22.8 Å². The molecule has 2 amide bonds. The number of alkyl halides is 3. The molecule has 7 nitrogen and oxygen atoms in total. The molecule has 0 bridgehead atoms. The van der Waals surface area contributed by atoms with Crippen LogP contribution in [0.3, 0.4) is 0 Å². The van der Waals surface area contributed by atoms with Gasteiger partial charge in [0.2, 0.25) is 0 Å². The molecule has 176 valence electrons. The molecule has 0 saturated carbocycles. The van der Waals surface area contributed by atoms with Gasteiger partial charge in [-0.25, -0.2) is 13.2 Å². The number of fused-ring (bicyclic) bond motifs is 1. The van der Waals surface area contributed by atoms with Crippen LogP contribution in [-0.4, -0.2) is 16.4 Å². The third-order valence-corrected chi connectivity index (χ3v) is 4.98. The molecule has 1 aliphatic rings. The van der Waals surface area contributed by atoms with E-state index in [1.807, 2.05) is 5.32 Å². The number of anilines is 1. The second-order valence-corrected chi connectivity index (χ2v) is 7.21. The summed E-state index contributed by atoms with van der Waals surface area (Å²) in [5.74, 6) is -9.04. The van der Waals surface area contributed by atoms with Crippen LogP contribution < -0.4 is 21.3 Å². The van der Waals surface area contributed by atoms with Crippen LogP contribution >= 0.6 is 0 Å². The van der Waals surface area contributed by atoms with Crippen LogP contribution in [-0.2, 0) is 6.18 Å². The van der Waals surface area contributed by atoms with E-state index < -0.39 is 63.9 Å². The van der Waals surface area contributed by atoms with Crippen LogP contribution in [0.1, 0.15) is 31.8 Å². The zero-order chi connectivity index (χ0) is 25.1. The lowest BCUT2D eigenvalue weighted by molar-refractivity contribution is -0.138. The Kier molecular flexibility index (Phi) is 5.14. The highest BCUT2D eigenvalue weighted by atomic mass is 19.4. The number of nitrogens with two attached hydrogens (primary N) is 1. The zero-order valence-corrected chi connectivity index (χ0v) is 16.8. The Hall–Kier alpha value is -4.29. The molecule has 0 fully saturated rings. The Morgan fingerprint density at radius 2 is 1.53 bits per heavy atom. The molecule has 1 aromatic heterocycles. The lowest BCUT2D eigenvalue weighted by Gasteiger charge is -2.17. The average molecular weight is 483 g/mol. The first-order chi connectivity index (χ1) is 15.8. The van der Waals surface area contributed by atoms with Crippen LogP contribution in [0.15, 0.2) is 35.1 Å². The van der Waals surface area contributed by atoms with Gasteiger partial charge in [0.1, 0.15) is 5.82 Å². The number of hydrogen-bond donors (Lipinski definition) is 2. The fourth-order valence-corrected chi connectivity index (χ4v) is 3.42. The van der Waals surface area contributed by atoms with Crippen molar-refractivity contribution >= 4 is 17.6 Å². The van der Waals surface area contributed by atoms with E-state index in [1.165, 1.54) is 6.92 Å². The van der Waals surface area contributed by atoms with E-state index in [4.69, 9.17) is 10.5 Å². The van der Waals surface area contributed by atoms with Crippen LogP contribution in [0.25, 0.3) is 5.69 Å². The molecule has 0 radical (unpaired) electrons. The Bertz CT molecular complexity index is 1440. The first-order valence-corrected chi connectivity index (χ1v) is 9.25. The number of pyridine rings is 1. The third kappa shape index (κ3) is 3.64. The molecule has 13 heteroatoms. The van der Waals surface area contributed by atoms with Gasteiger partial charge < -0.3 is 10.5 Å². The summed E-state index contributed by atoms with van der Waals surface area (Å²) in [5, 5.41) is 1.97. The van der Waals surface area contributed by atoms with E-state index >= 15 is 0 Å². The van der Waals surface area contributed by atoms with E-state index in [-0.39, 0.29) is 34.5 Å². The number of ether oxygens (including phenoxy) is 1. The van der Waals surface area contributed by atoms with Crippen molar-refractivity contribution in [2.75, 3.05) is 5.73 Å². The highest BCUT2D eigenvalue weighted by Crippen LogP contribution is 2.37. The molecule has 4 rings (SSSR count). The Balaban J connectivity index is 1.85. The number of carbonyl (C=O) groups excluding carboxylic acids is 2. The van der Waals surface area contributed by atoms with Crippen molar-refractivity contribution in [1.29, 1.82) is 0 Å². The van der Waals surface area contributed by atoms with Crippen LogP contribution in [0.5, 0.6) is 11.5 Å². The summed E-state index contributed by atoms with van der Waals surface area (Å²) in [7, 11) is 0. The second kappa shape index (κ2) is 7.64. The lowest BCUT2D eigenvalue weighted by Crippen LogP contribution is -2.24. The minimum atomic E-state index is -5.04. The SMILES string of the molecule is Cc1cc(F)c(Oc2c(F)cc(C(F)(F)F)cc2F)cc1-n1c(N)c2c(cc1=O)C(=O)NC2=O. The van der Waals surface area contributed by atoms with Crippen molar-refractivity contribution in [2.24, 2.45) is 0 Å². The van der Waals surface area contributed by atoms with Gasteiger partial charge in [-0.2, -0.15) is 13.2 Å². The number of aryl methyl sites for hydroxylation is 1. The molecule has 3 aromatic rings. The van der Waals surface area contributed by atoms with Gasteiger partial charge in [0, 0.05) is 12.1 Å². The highest BCUT2D eigenvalue weighted by Gasteiger charge is 2.34. The number of imide groups is 1. The van der Waals surface area contributed by atoms with Gasteiger partial charge in [-0.1, -0.05) is 0 Å². The summed E-state index contributed by atoms with van der Waals surface area (Å²) < 4.78 is 86.8. The van der Waals surface area contributed by atoms with Crippen molar-refractivity contribution in [3.63, 3.8) is 0 Å². The lowest BCUT2D eigenvalue weighted by atomic mass is 10.1. The number of nitrogens with one attached hydrogen (secondary N) is 1. The number of amides is 2. The average Bonchev–Trinajstić information content (AvgIpc) is 2.99. The molecule has 2 aromatic carbocycles. The topological polar surface area (TPSA) is 103 Å². The maximum absolute atomic E-state index is 14.5. The molecule has 3 N–H and O–H groups in total. The molecule has 0 unspecified atom stereocenters. The van der Waals surface area contributed by atoms with Gasteiger partial charge in [0.25, 0.3) is 17.4 Å². The van der Waals surface area contributed by atoms with Crippen molar-refractivity contribution in [2.45, 2.75) is 13.1 Å². The van der Waals surface area contributed by atoms with E-state index in [9.17, 15) is 40.7 Å². The predicted octanol–water partition coefficient (Wildman–Crippen LogP) is 3.84. The summed E-state index contributed by atoms with van der Waals surface area (Å²) in [4.78, 5) is 36.5. The number of hydrogen-bond acceptors (Lipinski definition) is 5. The summed E-state index contributed by atoms with van der Waals surface area (Å²) in [6, 6.07) is 2.41. The molecule has 2 heterocycles. The summed E-state index contributed by atoms with van der Waals surface area (Å²) in [5.41, 5.74) is 2.72. The number of benzene rings is 2. The zero-order valence-electron chi connectivity index (χ0n) is 16.8. The van der Waals surface area contributed by atoms with Crippen molar-refractivity contribution in [3.05, 3.63) is 80.4 Å². The van der Waals surface area contributed by atoms with Crippen LogP contribution in [0.2, 0.25) is 0 Å². The van der Waals surface area contributed by atoms with Gasteiger partial charge in [0.15, 0.2) is 29.0 Å². The Morgan fingerprint density at radius 1 is 0.912 bits per heavy atom. The normalized spacial score (nSPS) is 13.1. The first-order valence-electron chi connectivity index (χ1n) is 9.25. The standard InChI is InChI=1S/C21H11F6N3O4/c1-7-2-10(22)14(34-17-11(23)3-8(4-12(17)24)21(25,26)27)6-13(7)30-15(31)5-9-16(18(30)28)20(33)29-19(9)32/h2-6H,28H2,1H3,(H,29,32,33). The number of carbonyl (C=O) groups is 2. The van der Waals surface area contributed by atoms with E-state index in [2.05, 4.69) is 0 Å². The Morgan fingerprint density at radius 3 is 2.12 bits per heavy atom. The maximum Gasteiger partial charge on any atom is 0.416 e. The maximum atomic E-state index is 14.5. The van der Waals surface area contributed by atoms with Gasteiger partial charge in [-0.05, 0) is 30.7 Å². The third-order valence-electron chi connectivity index (χ3n) is 4.98. The monoisotopic (exact) mass is 483 g/mol. The molecule has 0 spiro atoms. The predicted molar refractivity (Wildman–Crippen MR) is 104 cm³/mol. The fraction of sp³-hybridized carbons (Fsp3) is 0.0952. The van der Waals surface area contributed by atoms with Gasteiger partial charge >= 0.3 is 6.18 Å². The second-order valence-electron chi connectivity index (χ2n) is 7.21. The highest BCUT2D eigenvalue weighted by molar-refractivity contribution is 6.23. The minimum absolute atomic E-state index is 0.0238. The number of rotatable bonds is 3. The first kappa shape index (κ1) is 22.9. The molecule has 1 aliphatic heterocycles. The van der Waals surface area contributed by atoms with Crippen LogP contribution in [0.4, 0.5) is 32.2 Å². The summed E-state index contributed by atoms with van der Waals surface area (Å²) in [6.45, 7) is 1.34. The molecular formula is C21H11F6N3O4. The van der Waals surface area contributed by atoms with Gasteiger partial charge in [-0.3, -0.25) is 24.3 Å². The molecule has 0 atom stereocenters. The largest absolute Gasteiger partial charge is 0.448 e. The number of aromatic nitrogens is 1. The van der Waals surface area contributed by atoms with E-state index in [0.29, 0.717) is 0 Å². The smallest absolute Gasteiger partial charge is 0.416 e. The molecular weight excluding hydrogens is 472 g/mol. The molecule has 0 aliphatic carbocycles. The van der Waals surface area contributed by atoms with Crippen molar-refractivity contribution in [3.8, 4) is 17.2 Å². The fourth-order valence-electron chi connectivity index (χ4n) is 3.42. The Labute approximate surface area is 185 Å². The van der Waals surface area contributed by atoms with Crippen molar-refractivity contribution in [1.82, 2.24) is 9.88 Å². The number of nitrogens with zero attached hydrogens (tertiary/aromatic N) is 1. The minimum Gasteiger partial charge on any atom is -0.448 e. The van der Waals surface area contributed by atoms with Crippen LogP contribution in [0, 0.1) is 24.4 Å². The summed E-state index contributed by atoms with van der Waals surface area (Å²) >= 11 is 0.